The zero-order chi connectivity index (χ0) is 18.3. The summed E-state index contributed by atoms with van der Waals surface area (Å²) < 4.78 is 21.8. The van der Waals surface area contributed by atoms with Gasteiger partial charge in [-0.15, -0.1) is 11.8 Å². The number of fused-ring (bicyclic) bond motifs is 3. The molecule has 1 aliphatic heterocycles. The van der Waals surface area contributed by atoms with Crippen molar-refractivity contribution in [1.82, 2.24) is 0 Å². The Labute approximate surface area is 154 Å². The summed E-state index contributed by atoms with van der Waals surface area (Å²) in [6.07, 6.45) is 0.741. The zero-order valence-electron chi connectivity index (χ0n) is 14.7. The molecule has 0 spiro atoms. The van der Waals surface area contributed by atoms with Crippen molar-refractivity contribution in [2.24, 2.45) is 0 Å². The summed E-state index contributed by atoms with van der Waals surface area (Å²) in [5.41, 5.74) is 2.41. The first kappa shape index (κ1) is 16.8. The second kappa shape index (κ2) is 6.61. The van der Waals surface area contributed by atoms with Gasteiger partial charge in [0.05, 0.1) is 26.2 Å². The van der Waals surface area contributed by atoms with Crippen LogP contribution in [0.3, 0.4) is 0 Å². The van der Waals surface area contributed by atoms with Crippen LogP contribution in [0.4, 0.5) is 0 Å². The molecule has 6 heteroatoms. The molecule has 1 aliphatic rings. The molecule has 1 unspecified atom stereocenters. The first-order valence-electron chi connectivity index (χ1n) is 8.17. The number of benzene rings is 2. The van der Waals surface area contributed by atoms with E-state index in [4.69, 9.17) is 18.6 Å². The standard InChI is InChI=1S/C20H18O5S/c1-22-15-8-11(9-16(23-2)18(15)24-3)17-10-13-12-6-4-5-7-14(12)25-20(21)19(13)26-17/h4-9,17H,10H2,1-3H3. The summed E-state index contributed by atoms with van der Waals surface area (Å²) in [6, 6.07) is 11.5. The normalized spacial score (nSPS) is 15.7. The van der Waals surface area contributed by atoms with Gasteiger partial charge >= 0.3 is 5.63 Å². The highest BCUT2D eigenvalue weighted by molar-refractivity contribution is 7.99. The summed E-state index contributed by atoms with van der Waals surface area (Å²) in [5.74, 6) is 1.77. The predicted octanol–water partition coefficient (Wildman–Crippen LogP) is 4.21. The third kappa shape index (κ3) is 2.61. The molecule has 4 rings (SSSR count). The fraction of sp³-hybridized carbons (Fsp3) is 0.250. The van der Waals surface area contributed by atoms with E-state index in [2.05, 4.69) is 0 Å². The molecule has 0 aliphatic carbocycles. The Morgan fingerprint density at radius 1 is 1.04 bits per heavy atom. The van der Waals surface area contributed by atoms with Crippen molar-refractivity contribution in [3.8, 4) is 17.2 Å². The van der Waals surface area contributed by atoms with Gasteiger partial charge in [0.25, 0.3) is 0 Å². The number of thioether (sulfide) groups is 1. The van der Waals surface area contributed by atoms with E-state index in [9.17, 15) is 4.79 Å². The molecule has 0 bridgehead atoms. The molecule has 0 saturated carbocycles. The molecule has 3 aromatic rings. The van der Waals surface area contributed by atoms with Gasteiger partial charge in [0.1, 0.15) is 5.58 Å². The maximum atomic E-state index is 12.4. The molecule has 1 atom stereocenters. The van der Waals surface area contributed by atoms with E-state index < -0.39 is 0 Å². The second-order valence-electron chi connectivity index (χ2n) is 5.96. The van der Waals surface area contributed by atoms with Crippen LogP contribution < -0.4 is 19.8 Å². The van der Waals surface area contributed by atoms with Crippen molar-refractivity contribution in [3.63, 3.8) is 0 Å². The van der Waals surface area contributed by atoms with Gasteiger partial charge in [-0.2, -0.15) is 0 Å². The minimum absolute atomic E-state index is 0.0763. The van der Waals surface area contributed by atoms with Gasteiger partial charge in [-0.05, 0) is 35.7 Å². The van der Waals surface area contributed by atoms with Gasteiger partial charge in [0, 0.05) is 10.6 Å². The van der Waals surface area contributed by atoms with Gasteiger partial charge in [0.15, 0.2) is 11.5 Å². The van der Waals surface area contributed by atoms with Crippen LogP contribution in [0, 0.1) is 0 Å². The lowest BCUT2D eigenvalue weighted by Crippen LogP contribution is -2.02. The van der Waals surface area contributed by atoms with Crippen LogP contribution in [0.15, 0.2) is 50.5 Å². The average molecular weight is 370 g/mol. The van der Waals surface area contributed by atoms with E-state index in [0.717, 1.165) is 22.9 Å². The highest BCUT2D eigenvalue weighted by atomic mass is 32.2. The van der Waals surface area contributed by atoms with Gasteiger partial charge in [-0.25, -0.2) is 4.79 Å². The summed E-state index contributed by atoms with van der Waals surface area (Å²) in [6.45, 7) is 0. The fourth-order valence-electron chi connectivity index (χ4n) is 3.36. The third-order valence-corrected chi connectivity index (χ3v) is 5.95. The topological polar surface area (TPSA) is 57.9 Å². The van der Waals surface area contributed by atoms with E-state index in [1.54, 1.807) is 21.3 Å². The van der Waals surface area contributed by atoms with Gasteiger partial charge in [-0.1, -0.05) is 18.2 Å². The molecule has 0 radical (unpaired) electrons. The molecule has 0 saturated heterocycles. The monoisotopic (exact) mass is 370 g/mol. The average Bonchev–Trinajstić information content (AvgIpc) is 3.13. The van der Waals surface area contributed by atoms with Crippen LogP contribution in [0.1, 0.15) is 16.4 Å². The molecule has 0 N–H and O–H groups in total. The molecule has 2 aromatic carbocycles. The molecule has 0 amide bonds. The van der Waals surface area contributed by atoms with Gasteiger partial charge < -0.3 is 18.6 Å². The molecule has 2 heterocycles. The molecule has 1 aromatic heterocycles. The first-order valence-corrected chi connectivity index (χ1v) is 9.05. The molecule has 0 fully saturated rings. The lowest BCUT2D eigenvalue weighted by Gasteiger charge is -2.16. The zero-order valence-corrected chi connectivity index (χ0v) is 15.5. The number of ether oxygens (including phenoxy) is 3. The number of methoxy groups -OCH3 is 3. The van der Waals surface area contributed by atoms with E-state index in [1.165, 1.54) is 11.8 Å². The summed E-state index contributed by atoms with van der Waals surface area (Å²) in [5, 5.41) is 1.07. The third-order valence-electron chi connectivity index (χ3n) is 4.58. The molecule has 134 valence electrons. The van der Waals surface area contributed by atoms with Crippen molar-refractivity contribution < 1.29 is 18.6 Å². The van der Waals surface area contributed by atoms with E-state index in [-0.39, 0.29) is 10.9 Å². The molecule has 5 nitrogen and oxygen atoms in total. The maximum Gasteiger partial charge on any atom is 0.350 e. The van der Waals surface area contributed by atoms with Crippen molar-refractivity contribution in [2.75, 3.05) is 21.3 Å². The number of hydrogen-bond acceptors (Lipinski definition) is 6. The minimum atomic E-state index is -0.279. The van der Waals surface area contributed by atoms with Crippen LogP contribution in [0.25, 0.3) is 11.0 Å². The Bertz CT molecular complexity index is 1020. The van der Waals surface area contributed by atoms with Gasteiger partial charge in [0.2, 0.25) is 5.75 Å². The van der Waals surface area contributed by atoms with E-state index >= 15 is 0 Å². The van der Waals surface area contributed by atoms with Crippen molar-refractivity contribution in [2.45, 2.75) is 16.6 Å². The highest BCUT2D eigenvalue weighted by Gasteiger charge is 2.30. The summed E-state index contributed by atoms with van der Waals surface area (Å²) >= 11 is 1.52. The lowest BCUT2D eigenvalue weighted by atomic mass is 10.0. The van der Waals surface area contributed by atoms with E-state index in [1.807, 2.05) is 36.4 Å². The molecule has 26 heavy (non-hydrogen) atoms. The maximum absolute atomic E-state index is 12.4. The van der Waals surface area contributed by atoms with Crippen LogP contribution >= 0.6 is 11.8 Å². The molecular weight excluding hydrogens is 352 g/mol. The Hall–Kier alpha value is -2.60. The minimum Gasteiger partial charge on any atom is -0.493 e. The Morgan fingerprint density at radius 3 is 2.38 bits per heavy atom. The smallest absolute Gasteiger partial charge is 0.350 e. The van der Waals surface area contributed by atoms with Crippen LogP contribution in [-0.2, 0) is 6.42 Å². The predicted molar refractivity (Wildman–Crippen MR) is 101 cm³/mol. The highest BCUT2D eigenvalue weighted by Crippen LogP contribution is 2.50. The Kier molecular flexibility index (Phi) is 4.28. The van der Waals surface area contributed by atoms with E-state index in [0.29, 0.717) is 27.7 Å². The SMILES string of the molecule is COc1cc(C2Cc3c(c(=O)oc4ccccc34)S2)cc(OC)c1OC. The molecular formula is C20H18O5S. The Balaban J connectivity index is 1.80. The Morgan fingerprint density at radius 2 is 1.73 bits per heavy atom. The van der Waals surface area contributed by atoms with Crippen molar-refractivity contribution in [3.05, 3.63) is 57.9 Å². The van der Waals surface area contributed by atoms with Crippen molar-refractivity contribution in [1.29, 1.82) is 0 Å². The van der Waals surface area contributed by atoms with Crippen LogP contribution in [0.2, 0.25) is 0 Å². The van der Waals surface area contributed by atoms with Crippen LogP contribution in [0.5, 0.6) is 17.2 Å². The number of hydrogen-bond donors (Lipinski definition) is 0. The largest absolute Gasteiger partial charge is 0.493 e. The number of rotatable bonds is 4. The summed E-state index contributed by atoms with van der Waals surface area (Å²) in [7, 11) is 4.77. The van der Waals surface area contributed by atoms with Crippen LogP contribution in [-0.4, -0.2) is 21.3 Å². The first-order chi connectivity index (χ1) is 12.7. The summed E-state index contributed by atoms with van der Waals surface area (Å²) in [4.78, 5) is 13.1. The lowest BCUT2D eigenvalue weighted by molar-refractivity contribution is 0.324. The second-order valence-corrected chi connectivity index (χ2v) is 7.18. The number of para-hydroxylation sites is 1. The van der Waals surface area contributed by atoms with Gasteiger partial charge in [-0.3, -0.25) is 0 Å². The fourth-order valence-corrected chi connectivity index (χ4v) is 4.64. The van der Waals surface area contributed by atoms with Crippen molar-refractivity contribution >= 4 is 22.7 Å². The quantitative estimate of drug-likeness (QED) is 0.641.